The maximum absolute atomic E-state index is 12.0. The summed E-state index contributed by atoms with van der Waals surface area (Å²) in [6, 6.07) is 0. The smallest absolute Gasteiger partial charge is 0.141 e. The van der Waals surface area contributed by atoms with Crippen molar-refractivity contribution in [3.05, 3.63) is 0 Å². The molecule has 0 aliphatic rings. The summed E-state index contributed by atoms with van der Waals surface area (Å²) >= 11 is 0. The fourth-order valence-corrected chi connectivity index (χ4v) is 1.79. The van der Waals surface area contributed by atoms with Crippen molar-refractivity contribution in [3.63, 3.8) is 0 Å². The highest BCUT2D eigenvalue weighted by molar-refractivity contribution is 5.84. The second-order valence-corrected chi connectivity index (χ2v) is 6.31. The maximum atomic E-state index is 12.0. The van der Waals surface area contributed by atoms with Crippen molar-refractivity contribution in [2.24, 2.45) is 5.41 Å². The van der Waals surface area contributed by atoms with Gasteiger partial charge < -0.3 is 4.74 Å². The van der Waals surface area contributed by atoms with E-state index in [1.807, 2.05) is 20.8 Å². The molecule has 17 heavy (non-hydrogen) atoms. The number of hydrogen-bond acceptors (Lipinski definition) is 2. The first kappa shape index (κ1) is 16.6. The second-order valence-electron chi connectivity index (χ2n) is 6.31. The fourth-order valence-electron chi connectivity index (χ4n) is 1.79. The molecular weight excluding hydrogens is 212 g/mol. The van der Waals surface area contributed by atoms with Gasteiger partial charge in [-0.15, -0.1) is 0 Å². The Morgan fingerprint density at radius 1 is 1.06 bits per heavy atom. The number of ketones is 1. The molecular formula is C15H30O2. The zero-order valence-corrected chi connectivity index (χ0v) is 12.6. The van der Waals surface area contributed by atoms with E-state index in [2.05, 4.69) is 13.8 Å². The van der Waals surface area contributed by atoms with Crippen LogP contribution in [0.15, 0.2) is 0 Å². The molecule has 0 saturated heterocycles. The van der Waals surface area contributed by atoms with Crippen molar-refractivity contribution in [2.75, 3.05) is 7.11 Å². The molecule has 2 heteroatoms. The van der Waals surface area contributed by atoms with Crippen LogP contribution in [-0.2, 0) is 9.53 Å². The van der Waals surface area contributed by atoms with Crippen LogP contribution < -0.4 is 0 Å². The van der Waals surface area contributed by atoms with Gasteiger partial charge in [0, 0.05) is 18.9 Å². The number of unbranched alkanes of at least 4 members (excludes halogenated alkanes) is 3. The van der Waals surface area contributed by atoms with Gasteiger partial charge in [0.15, 0.2) is 0 Å². The van der Waals surface area contributed by atoms with E-state index in [1.165, 1.54) is 19.3 Å². The molecule has 0 fully saturated rings. The second kappa shape index (κ2) is 7.15. The third-order valence-electron chi connectivity index (χ3n) is 3.42. The van der Waals surface area contributed by atoms with Crippen LogP contribution in [0.2, 0.25) is 0 Å². The molecule has 1 atom stereocenters. The summed E-state index contributed by atoms with van der Waals surface area (Å²) in [6.07, 6.45) is 6.40. The van der Waals surface area contributed by atoms with Gasteiger partial charge in [0.1, 0.15) is 5.78 Å². The molecule has 0 amide bonds. The molecule has 0 radical (unpaired) electrons. The average molecular weight is 242 g/mol. The van der Waals surface area contributed by atoms with E-state index in [4.69, 9.17) is 4.74 Å². The van der Waals surface area contributed by atoms with Gasteiger partial charge in [0.25, 0.3) is 0 Å². The van der Waals surface area contributed by atoms with Crippen molar-refractivity contribution in [1.82, 2.24) is 0 Å². The van der Waals surface area contributed by atoms with Gasteiger partial charge in [-0.25, -0.2) is 0 Å². The highest BCUT2D eigenvalue weighted by Gasteiger charge is 2.31. The lowest BCUT2D eigenvalue weighted by Gasteiger charge is -2.30. The monoisotopic (exact) mass is 242 g/mol. The van der Waals surface area contributed by atoms with E-state index in [1.54, 1.807) is 7.11 Å². The topological polar surface area (TPSA) is 26.3 Å². The van der Waals surface area contributed by atoms with Gasteiger partial charge in [-0.05, 0) is 13.3 Å². The van der Waals surface area contributed by atoms with E-state index >= 15 is 0 Å². The summed E-state index contributed by atoms with van der Waals surface area (Å²) in [5.41, 5.74) is -0.540. The first-order valence-electron chi connectivity index (χ1n) is 6.83. The third-order valence-corrected chi connectivity index (χ3v) is 3.42. The Labute approximate surface area is 107 Å². The van der Waals surface area contributed by atoms with E-state index in [0.717, 1.165) is 12.8 Å². The Morgan fingerprint density at radius 2 is 1.65 bits per heavy atom. The van der Waals surface area contributed by atoms with Crippen LogP contribution in [0.4, 0.5) is 0 Å². The molecule has 0 aliphatic heterocycles. The molecule has 0 aromatic carbocycles. The lowest BCUT2D eigenvalue weighted by atomic mass is 9.82. The van der Waals surface area contributed by atoms with Crippen LogP contribution in [0.25, 0.3) is 0 Å². The summed E-state index contributed by atoms with van der Waals surface area (Å²) < 4.78 is 5.56. The minimum Gasteiger partial charge on any atom is -0.378 e. The maximum Gasteiger partial charge on any atom is 0.141 e. The fraction of sp³-hybridized carbons (Fsp3) is 0.933. The number of rotatable bonds is 8. The highest BCUT2D eigenvalue weighted by atomic mass is 16.5. The Kier molecular flexibility index (Phi) is 6.99. The number of hydrogen-bond donors (Lipinski definition) is 0. The van der Waals surface area contributed by atoms with Crippen LogP contribution in [0.1, 0.15) is 73.1 Å². The predicted molar refractivity (Wildman–Crippen MR) is 73.3 cm³/mol. The summed E-state index contributed by atoms with van der Waals surface area (Å²) in [5.74, 6) is 0.289. The quantitative estimate of drug-likeness (QED) is 0.591. The molecule has 102 valence electrons. The molecule has 0 rings (SSSR count). The first-order chi connectivity index (χ1) is 7.75. The molecule has 1 unspecified atom stereocenters. The lowest BCUT2D eigenvalue weighted by molar-refractivity contribution is -0.132. The van der Waals surface area contributed by atoms with Crippen molar-refractivity contribution in [3.8, 4) is 0 Å². The molecule has 0 heterocycles. The largest absolute Gasteiger partial charge is 0.378 e. The van der Waals surface area contributed by atoms with Crippen LogP contribution in [0, 0.1) is 5.41 Å². The van der Waals surface area contributed by atoms with Gasteiger partial charge in [-0.2, -0.15) is 0 Å². The van der Waals surface area contributed by atoms with Gasteiger partial charge >= 0.3 is 0 Å². The van der Waals surface area contributed by atoms with Crippen LogP contribution in [0.3, 0.4) is 0 Å². The number of carbonyl (C=O) groups excluding carboxylic acids is 1. The number of carbonyl (C=O) groups is 1. The Bertz CT molecular complexity index is 228. The van der Waals surface area contributed by atoms with Gasteiger partial charge in [0.2, 0.25) is 0 Å². The normalized spacial score (nSPS) is 15.6. The molecule has 0 bridgehead atoms. The van der Waals surface area contributed by atoms with Crippen molar-refractivity contribution in [2.45, 2.75) is 78.7 Å². The van der Waals surface area contributed by atoms with Gasteiger partial charge in [0.05, 0.1) is 5.60 Å². The van der Waals surface area contributed by atoms with Gasteiger partial charge in [-0.3, -0.25) is 4.79 Å². The molecule has 0 N–H and O–H groups in total. The summed E-state index contributed by atoms with van der Waals surface area (Å²) in [6.45, 7) is 10.2. The Hall–Kier alpha value is -0.370. The third kappa shape index (κ3) is 6.82. The van der Waals surface area contributed by atoms with Crippen LogP contribution in [0.5, 0.6) is 0 Å². The standard InChI is InChI=1S/C15H30O2/c1-7-8-9-10-11-15(5,17-6)12-13(16)14(2,3)4/h7-12H2,1-6H3. The summed E-state index contributed by atoms with van der Waals surface area (Å²) in [5, 5.41) is 0. The highest BCUT2D eigenvalue weighted by Crippen LogP contribution is 2.28. The van der Waals surface area contributed by atoms with E-state index in [-0.39, 0.29) is 16.8 Å². The molecule has 0 aromatic rings. The molecule has 0 saturated carbocycles. The SMILES string of the molecule is CCCCCCC(C)(CC(=O)C(C)(C)C)OC. The first-order valence-corrected chi connectivity index (χ1v) is 6.83. The summed E-state index contributed by atoms with van der Waals surface area (Å²) in [7, 11) is 1.72. The Morgan fingerprint density at radius 3 is 2.06 bits per heavy atom. The minimum absolute atomic E-state index is 0.261. The Balaban J connectivity index is 4.23. The molecule has 0 aromatic heterocycles. The van der Waals surface area contributed by atoms with Crippen molar-refractivity contribution >= 4 is 5.78 Å². The van der Waals surface area contributed by atoms with E-state index in [9.17, 15) is 4.79 Å². The number of ether oxygens (including phenoxy) is 1. The number of methoxy groups -OCH3 is 1. The van der Waals surface area contributed by atoms with Crippen molar-refractivity contribution in [1.29, 1.82) is 0 Å². The number of Topliss-reactive ketones (excluding diaryl/α,β-unsaturated/α-hetero) is 1. The van der Waals surface area contributed by atoms with Crippen LogP contribution >= 0.6 is 0 Å². The zero-order chi connectivity index (χ0) is 13.5. The molecule has 0 aliphatic carbocycles. The average Bonchev–Trinajstić information content (AvgIpc) is 2.23. The zero-order valence-electron chi connectivity index (χ0n) is 12.6. The lowest BCUT2D eigenvalue weighted by Crippen LogP contribution is -2.35. The summed E-state index contributed by atoms with van der Waals surface area (Å²) in [4.78, 5) is 12.0. The molecule has 0 spiro atoms. The predicted octanol–water partition coefficient (Wildman–Crippen LogP) is 4.37. The van der Waals surface area contributed by atoms with Crippen molar-refractivity contribution < 1.29 is 9.53 Å². The van der Waals surface area contributed by atoms with Gasteiger partial charge in [-0.1, -0.05) is 53.4 Å². The molecule has 2 nitrogen and oxygen atoms in total. The van der Waals surface area contributed by atoms with E-state index < -0.39 is 0 Å². The van der Waals surface area contributed by atoms with E-state index in [0.29, 0.717) is 6.42 Å². The van der Waals surface area contributed by atoms with Crippen LogP contribution in [-0.4, -0.2) is 18.5 Å². The minimum atomic E-state index is -0.280.